The van der Waals surface area contributed by atoms with Crippen LogP contribution in [0.25, 0.3) is 11.3 Å². The van der Waals surface area contributed by atoms with Gasteiger partial charge in [0.2, 0.25) is 0 Å². The number of hydrogen-bond acceptors (Lipinski definition) is 5. The molecule has 0 aliphatic rings. The van der Waals surface area contributed by atoms with Crippen LogP contribution in [0.3, 0.4) is 0 Å². The lowest BCUT2D eigenvalue weighted by Crippen LogP contribution is -2.17. The molecule has 1 N–H and O–H groups in total. The molecule has 0 amide bonds. The number of nitrogens with zero attached hydrogens (tertiary/aromatic N) is 2. The van der Waals surface area contributed by atoms with E-state index in [4.69, 9.17) is 9.15 Å². The van der Waals surface area contributed by atoms with Crippen molar-refractivity contribution in [1.29, 1.82) is 0 Å². The van der Waals surface area contributed by atoms with Crippen molar-refractivity contribution < 1.29 is 14.3 Å². The first-order chi connectivity index (χ1) is 15.3. The molecule has 3 rings (SSSR count). The molecule has 0 aliphatic heterocycles. The van der Waals surface area contributed by atoms with Gasteiger partial charge in [-0.25, -0.2) is 4.98 Å². The molecule has 0 saturated carbocycles. The quantitative estimate of drug-likeness (QED) is 0.467. The topological polar surface area (TPSA) is 58.7 Å². The van der Waals surface area contributed by atoms with E-state index in [9.17, 15) is 5.11 Å². The van der Waals surface area contributed by atoms with Crippen LogP contribution in [-0.4, -0.2) is 28.6 Å². The van der Waals surface area contributed by atoms with Gasteiger partial charge in [0.25, 0.3) is 0 Å². The highest BCUT2D eigenvalue weighted by atomic mass is 16.5. The van der Waals surface area contributed by atoms with Crippen molar-refractivity contribution in [3.63, 3.8) is 0 Å². The van der Waals surface area contributed by atoms with Crippen LogP contribution in [0.5, 0.6) is 11.5 Å². The number of ether oxygens (including phenoxy) is 1. The Kier molecular flexibility index (Phi) is 7.75. The van der Waals surface area contributed by atoms with Crippen molar-refractivity contribution in [3.05, 3.63) is 78.3 Å². The van der Waals surface area contributed by atoms with Crippen molar-refractivity contribution in [2.45, 2.75) is 33.9 Å². The number of aromatic nitrogens is 1. The van der Waals surface area contributed by atoms with Gasteiger partial charge in [-0.15, -0.1) is 0 Å². The van der Waals surface area contributed by atoms with Crippen LogP contribution in [0.1, 0.15) is 31.9 Å². The molecular formula is C27H30N2O3. The predicted octanol–water partition coefficient (Wildman–Crippen LogP) is 5.66. The third-order valence-corrected chi connectivity index (χ3v) is 4.58. The zero-order valence-electron chi connectivity index (χ0n) is 19.1. The number of phenols is 1. The van der Waals surface area contributed by atoms with Crippen LogP contribution < -0.4 is 4.74 Å². The second-order valence-electron chi connectivity index (χ2n) is 8.78. The summed E-state index contributed by atoms with van der Waals surface area (Å²) in [7, 11) is 2.05. The maximum absolute atomic E-state index is 10.2. The SMILES string of the molecule is CN(C/C=C/C#CC(C)(C)C)Cc1ccc(O)c(OCc2cccc(-c3cnco3)c2)c1. The Morgan fingerprint density at radius 1 is 1.16 bits per heavy atom. The van der Waals surface area contributed by atoms with E-state index in [-0.39, 0.29) is 11.2 Å². The van der Waals surface area contributed by atoms with E-state index in [0.717, 1.165) is 29.8 Å². The molecule has 0 radical (unpaired) electrons. The molecule has 5 nitrogen and oxygen atoms in total. The number of hydrogen-bond donors (Lipinski definition) is 1. The lowest BCUT2D eigenvalue weighted by molar-refractivity contribution is 0.287. The van der Waals surface area contributed by atoms with Crippen LogP contribution in [0, 0.1) is 17.3 Å². The van der Waals surface area contributed by atoms with Gasteiger partial charge in [-0.2, -0.15) is 0 Å². The Bertz CT molecular complexity index is 1100. The minimum Gasteiger partial charge on any atom is -0.504 e. The lowest BCUT2D eigenvalue weighted by Gasteiger charge is -2.16. The van der Waals surface area contributed by atoms with Crippen molar-refractivity contribution in [2.75, 3.05) is 13.6 Å². The Hall–Kier alpha value is -3.49. The molecule has 166 valence electrons. The molecule has 32 heavy (non-hydrogen) atoms. The molecule has 0 aliphatic carbocycles. The summed E-state index contributed by atoms with van der Waals surface area (Å²) in [6, 6.07) is 13.3. The number of allylic oxidation sites excluding steroid dienone is 1. The predicted molar refractivity (Wildman–Crippen MR) is 127 cm³/mol. The van der Waals surface area contributed by atoms with Crippen molar-refractivity contribution >= 4 is 0 Å². The number of likely N-dealkylation sites (N-methyl/N-ethyl adjacent to an activating group) is 1. The van der Waals surface area contributed by atoms with E-state index in [0.29, 0.717) is 18.1 Å². The van der Waals surface area contributed by atoms with Gasteiger partial charge in [0, 0.05) is 24.1 Å². The fraction of sp³-hybridized carbons (Fsp3) is 0.296. The van der Waals surface area contributed by atoms with E-state index >= 15 is 0 Å². The van der Waals surface area contributed by atoms with Crippen LogP contribution in [-0.2, 0) is 13.2 Å². The van der Waals surface area contributed by atoms with Gasteiger partial charge in [0.15, 0.2) is 23.7 Å². The molecule has 2 aromatic carbocycles. The average molecular weight is 431 g/mol. The van der Waals surface area contributed by atoms with Crippen molar-refractivity contribution in [3.8, 4) is 34.7 Å². The first-order valence-corrected chi connectivity index (χ1v) is 10.6. The third-order valence-electron chi connectivity index (χ3n) is 4.58. The van der Waals surface area contributed by atoms with Gasteiger partial charge >= 0.3 is 0 Å². The summed E-state index contributed by atoms with van der Waals surface area (Å²) in [6.07, 6.45) is 7.05. The number of benzene rings is 2. The van der Waals surface area contributed by atoms with Crippen molar-refractivity contribution in [2.24, 2.45) is 5.41 Å². The van der Waals surface area contributed by atoms with E-state index in [2.05, 4.69) is 48.6 Å². The van der Waals surface area contributed by atoms with Gasteiger partial charge < -0.3 is 14.3 Å². The summed E-state index contributed by atoms with van der Waals surface area (Å²) >= 11 is 0. The van der Waals surface area contributed by atoms with Gasteiger partial charge in [-0.3, -0.25) is 4.90 Å². The number of rotatable bonds is 8. The molecule has 0 atom stereocenters. The molecule has 0 unspecified atom stereocenters. The monoisotopic (exact) mass is 430 g/mol. The van der Waals surface area contributed by atoms with Crippen LogP contribution >= 0.6 is 0 Å². The maximum Gasteiger partial charge on any atom is 0.181 e. The minimum atomic E-state index is 0.00990. The Labute approximate surface area is 190 Å². The second-order valence-corrected chi connectivity index (χ2v) is 8.78. The van der Waals surface area contributed by atoms with E-state index in [1.54, 1.807) is 12.3 Å². The standard InChI is InChI=1S/C27H30N2O3/c1-27(2,3)13-6-5-7-14-29(4)18-21-11-12-24(30)25(16-21)31-19-22-9-8-10-23(15-22)26-17-28-20-32-26/h5,7-12,15-17,20,30H,14,18-19H2,1-4H3/b7-5+. The average Bonchev–Trinajstić information content (AvgIpc) is 3.28. The summed E-state index contributed by atoms with van der Waals surface area (Å²) in [5.41, 5.74) is 2.98. The number of phenolic OH excluding ortho intramolecular Hbond substituents is 1. The summed E-state index contributed by atoms with van der Waals surface area (Å²) in [5.74, 6) is 7.57. The van der Waals surface area contributed by atoms with Crippen molar-refractivity contribution in [1.82, 2.24) is 9.88 Å². The number of oxazole rings is 1. The Morgan fingerprint density at radius 2 is 2.00 bits per heavy atom. The van der Waals surface area contributed by atoms with Crippen LogP contribution in [0.2, 0.25) is 0 Å². The van der Waals surface area contributed by atoms with E-state index in [1.165, 1.54) is 6.39 Å². The first kappa shape index (κ1) is 23.2. The Morgan fingerprint density at radius 3 is 2.75 bits per heavy atom. The highest BCUT2D eigenvalue weighted by molar-refractivity contribution is 5.57. The summed E-state index contributed by atoms with van der Waals surface area (Å²) < 4.78 is 11.3. The molecule has 5 heteroatoms. The molecule has 0 fully saturated rings. The van der Waals surface area contributed by atoms with Gasteiger partial charge in [0.1, 0.15) is 6.61 Å². The third kappa shape index (κ3) is 7.33. The molecular weight excluding hydrogens is 400 g/mol. The summed E-state index contributed by atoms with van der Waals surface area (Å²) in [5, 5.41) is 10.2. The fourth-order valence-corrected chi connectivity index (χ4v) is 3.03. The highest BCUT2D eigenvalue weighted by Gasteiger charge is 2.08. The van der Waals surface area contributed by atoms with E-state index < -0.39 is 0 Å². The highest BCUT2D eigenvalue weighted by Crippen LogP contribution is 2.29. The molecule has 1 heterocycles. The minimum absolute atomic E-state index is 0.00990. The Balaban J connectivity index is 1.58. The lowest BCUT2D eigenvalue weighted by atomic mass is 9.98. The largest absolute Gasteiger partial charge is 0.504 e. The van der Waals surface area contributed by atoms with Crippen LogP contribution in [0.15, 0.2) is 71.6 Å². The van der Waals surface area contributed by atoms with Crippen LogP contribution in [0.4, 0.5) is 0 Å². The summed E-state index contributed by atoms with van der Waals surface area (Å²) in [6.45, 7) is 8.14. The van der Waals surface area contributed by atoms with E-state index in [1.807, 2.05) is 49.5 Å². The molecule has 0 saturated heterocycles. The second kappa shape index (κ2) is 10.7. The van der Waals surface area contributed by atoms with Gasteiger partial charge in [-0.1, -0.05) is 42.2 Å². The number of aromatic hydroxyl groups is 1. The zero-order chi connectivity index (χ0) is 23.0. The molecule has 0 bridgehead atoms. The fourth-order valence-electron chi connectivity index (χ4n) is 3.03. The molecule has 0 spiro atoms. The smallest absolute Gasteiger partial charge is 0.181 e. The zero-order valence-corrected chi connectivity index (χ0v) is 19.1. The molecule has 1 aromatic heterocycles. The first-order valence-electron chi connectivity index (χ1n) is 10.6. The van der Waals surface area contributed by atoms with Gasteiger partial charge in [0.05, 0.1) is 6.20 Å². The normalized spacial score (nSPS) is 11.5. The molecule has 3 aromatic rings. The summed E-state index contributed by atoms with van der Waals surface area (Å²) in [4.78, 5) is 6.13. The van der Waals surface area contributed by atoms with Gasteiger partial charge in [-0.05, 0) is 63.2 Å². The maximum atomic E-state index is 10.2.